The zero-order valence-electron chi connectivity index (χ0n) is 15.9. The van der Waals surface area contributed by atoms with Crippen LogP contribution in [0.25, 0.3) is 0 Å². The van der Waals surface area contributed by atoms with Gasteiger partial charge in [-0.25, -0.2) is 0 Å². The first-order valence-electron chi connectivity index (χ1n) is 8.41. The number of hydrogen-bond donors (Lipinski definition) is 0. The molecule has 0 amide bonds. The molecule has 0 heterocycles. The molecule has 0 aliphatic carbocycles. The van der Waals surface area contributed by atoms with Crippen LogP contribution in [-0.4, -0.2) is 38.2 Å². The van der Waals surface area contributed by atoms with Gasteiger partial charge < -0.3 is 14.2 Å². The lowest BCUT2D eigenvalue weighted by Crippen LogP contribution is -2.36. The Morgan fingerprint density at radius 1 is 1.12 bits per heavy atom. The highest BCUT2D eigenvalue weighted by molar-refractivity contribution is 5.76. The summed E-state index contributed by atoms with van der Waals surface area (Å²) in [6.45, 7) is 9.12. The Morgan fingerprint density at radius 3 is 2.24 bits per heavy atom. The van der Waals surface area contributed by atoms with Gasteiger partial charge in [0.2, 0.25) is 0 Å². The maximum atomic E-state index is 12.1. The molecule has 0 unspecified atom stereocenters. The molecule has 0 rings (SSSR count). The van der Waals surface area contributed by atoms with Gasteiger partial charge >= 0.3 is 17.9 Å². The monoisotopic (exact) mass is 354 g/mol. The Morgan fingerprint density at radius 2 is 1.76 bits per heavy atom. The molecule has 0 fully saturated rings. The maximum absolute atomic E-state index is 12.1. The normalized spacial score (nSPS) is 14.4. The smallest absolute Gasteiger partial charge is 0.316 e. The minimum Gasteiger partial charge on any atom is -0.469 e. The number of ether oxygens (including phenoxy) is 3. The summed E-state index contributed by atoms with van der Waals surface area (Å²) in [6.07, 6.45) is 4.94. The molecule has 0 aromatic rings. The summed E-state index contributed by atoms with van der Waals surface area (Å²) < 4.78 is 14.8. The number of methoxy groups -OCH3 is 2. The molecule has 0 bridgehead atoms. The van der Waals surface area contributed by atoms with Crippen molar-refractivity contribution in [2.24, 2.45) is 11.8 Å². The van der Waals surface area contributed by atoms with E-state index in [2.05, 4.69) is 11.3 Å². The summed E-state index contributed by atoms with van der Waals surface area (Å²) >= 11 is 0. The molecule has 0 aliphatic rings. The first-order chi connectivity index (χ1) is 11.8. The summed E-state index contributed by atoms with van der Waals surface area (Å²) in [4.78, 5) is 34.7. The summed E-state index contributed by atoms with van der Waals surface area (Å²) in [5.41, 5.74) is 0.845. The second-order valence-electron chi connectivity index (χ2n) is 5.97. The van der Waals surface area contributed by atoms with Gasteiger partial charge in [-0.05, 0) is 18.8 Å². The maximum Gasteiger partial charge on any atom is 0.316 e. The number of esters is 3. The average molecular weight is 354 g/mol. The van der Waals surface area contributed by atoms with Crippen LogP contribution in [0.4, 0.5) is 0 Å². The Bertz CT molecular complexity index is 494. The molecule has 25 heavy (non-hydrogen) atoms. The average Bonchev–Trinajstić information content (AvgIpc) is 2.59. The van der Waals surface area contributed by atoms with Crippen LogP contribution in [0.5, 0.6) is 0 Å². The van der Waals surface area contributed by atoms with Crippen LogP contribution in [0.15, 0.2) is 24.3 Å². The molecule has 0 spiro atoms. The second kappa shape index (κ2) is 12.3. The van der Waals surface area contributed by atoms with Gasteiger partial charge in [0.25, 0.3) is 0 Å². The van der Waals surface area contributed by atoms with E-state index < -0.39 is 24.0 Å². The topological polar surface area (TPSA) is 78.9 Å². The van der Waals surface area contributed by atoms with Crippen LogP contribution in [0.3, 0.4) is 0 Å². The van der Waals surface area contributed by atoms with Crippen LogP contribution in [0.2, 0.25) is 0 Å². The predicted molar refractivity (Wildman–Crippen MR) is 94.7 cm³/mol. The largest absolute Gasteiger partial charge is 0.469 e. The lowest BCUT2D eigenvalue weighted by Gasteiger charge is -2.27. The van der Waals surface area contributed by atoms with Crippen molar-refractivity contribution in [3.63, 3.8) is 0 Å². The molecule has 3 atom stereocenters. The predicted octanol–water partition coefficient (Wildman–Crippen LogP) is 3.21. The Labute approximate surface area is 150 Å². The molecule has 0 N–H and O–H groups in total. The van der Waals surface area contributed by atoms with Crippen molar-refractivity contribution in [1.82, 2.24) is 0 Å². The van der Waals surface area contributed by atoms with E-state index in [0.717, 1.165) is 12.0 Å². The lowest BCUT2D eigenvalue weighted by atomic mass is 9.89. The van der Waals surface area contributed by atoms with Gasteiger partial charge in [-0.15, -0.1) is 0 Å². The van der Waals surface area contributed by atoms with Gasteiger partial charge in [0.05, 0.1) is 14.2 Å². The fourth-order valence-electron chi connectivity index (χ4n) is 2.29. The van der Waals surface area contributed by atoms with Crippen LogP contribution in [0, 0.1) is 11.8 Å². The zero-order chi connectivity index (χ0) is 19.4. The highest BCUT2D eigenvalue weighted by atomic mass is 16.6. The van der Waals surface area contributed by atoms with E-state index in [1.165, 1.54) is 21.1 Å². The third kappa shape index (κ3) is 9.08. The molecule has 6 nitrogen and oxygen atoms in total. The Hall–Kier alpha value is -2.11. The van der Waals surface area contributed by atoms with Crippen LogP contribution < -0.4 is 0 Å². The SMILES string of the molecule is C=C(C/C=C/[C@@H](C(=O)OC)[C@H](OC(C)=O)[C@@H](C)CC)CCC(=O)OC. The van der Waals surface area contributed by atoms with Gasteiger partial charge in [0.15, 0.2) is 0 Å². The highest BCUT2D eigenvalue weighted by Gasteiger charge is 2.33. The Kier molecular flexibility index (Phi) is 11.2. The molecular weight excluding hydrogens is 324 g/mol. The number of allylic oxidation sites excluding steroid dienone is 2. The third-order valence-electron chi connectivity index (χ3n) is 3.99. The van der Waals surface area contributed by atoms with Crippen molar-refractivity contribution >= 4 is 17.9 Å². The highest BCUT2D eigenvalue weighted by Crippen LogP contribution is 2.23. The van der Waals surface area contributed by atoms with E-state index in [4.69, 9.17) is 9.47 Å². The van der Waals surface area contributed by atoms with E-state index >= 15 is 0 Å². The lowest BCUT2D eigenvalue weighted by molar-refractivity contribution is -0.159. The molecular formula is C19H30O6. The molecule has 0 saturated carbocycles. The van der Waals surface area contributed by atoms with Crippen LogP contribution in [-0.2, 0) is 28.6 Å². The molecule has 0 aromatic heterocycles. The van der Waals surface area contributed by atoms with Crippen molar-refractivity contribution in [3.05, 3.63) is 24.3 Å². The summed E-state index contributed by atoms with van der Waals surface area (Å²) in [6, 6.07) is 0. The van der Waals surface area contributed by atoms with Crippen LogP contribution >= 0.6 is 0 Å². The summed E-state index contributed by atoms with van der Waals surface area (Å²) in [5, 5.41) is 0. The van der Waals surface area contributed by atoms with Crippen molar-refractivity contribution in [1.29, 1.82) is 0 Å². The number of carbonyl (C=O) groups is 3. The molecule has 0 radical (unpaired) electrons. The molecule has 0 aromatic carbocycles. The van der Waals surface area contributed by atoms with Gasteiger partial charge in [0.1, 0.15) is 12.0 Å². The molecule has 6 heteroatoms. The van der Waals surface area contributed by atoms with Crippen molar-refractivity contribution in [2.75, 3.05) is 14.2 Å². The van der Waals surface area contributed by atoms with E-state index in [0.29, 0.717) is 12.8 Å². The number of carbonyl (C=O) groups excluding carboxylic acids is 3. The van der Waals surface area contributed by atoms with Crippen molar-refractivity contribution < 1.29 is 28.6 Å². The first kappa shape index (κ1) is 22.9. The Balaban J connectivity index is 5.01. The van der Waals surface area contributed by atoms with Crippen molar-refractivity contribution in [2.45, 2.75) is 52.6 Å². The summed E-state index contributed by atoms with van der Waals surface area (Å²) in [5.74, 6) is -1.86. The summed E-state index contributed by atoms with van der Waals surface area (Å²) in [7, 11) is 2.65. The van der Waals surface area contributed by atoms with Crippen molar-refractivity contribution in [3.8, 4) is 0 Å². The van der Waals surface area contributed by atoms with E-state index in [9.17, 15) is 14.4 Å². The van der Waals surface area contributed by atoms with E-state index in [-0.39, 0.29) is 18.3 Å². The molecule has 0 aliphatic heterocycles. The number of hydrogen-bond acceptors (Lipinski definition) is 6. The fraction of sp³-hybridized carbons (Fsp3) is 0.632. The second-order valence-corrected chi connectivity index (χ2v) is 5.97. The fourth-order valence-corrected chi connectivity index (χ4v) is 2.29. The number of rotatable bonds is 11. The van der Waals surface area contributed by atoms with E-state index in [1.807, 2.05) is 13.8 Å². The minimum absolute atomic E-state index is 0.000163. The molecule has 0 saturated heterocycles. The van der Waals surface area contributed by atoms with E-state index in [1.54, 1.807) is 12.2 Å². The van der Waals surface area contributed by atoms with Gasteiger partial charge in [-0.1, -0.05) is 44.6 Å². The zero-order valence-corrected chi connectivity index (χ0v) is 15.9. The minimum atomic E-state index is -0.683. The molecule has 142 valence electrons. The van der Waals surface area contributed by atoms with Gasteiger partial charge in [-0.3, -0.25) is 14.4 Å². The quantitative estimate of drug-likeness (QED) is 0.322. The third-order valence-corrected chi connectivity index (χ3v) is 3.99. The van der Waals surface area contributed by atoms with Gasteiger partial charge in [-0.2, -0.15) is 0 Å². The first-order valence-corrected chi connectivity index (χ1v) is 8.41. The standard InChI is InChI=1S/C19H30O6/c1-7-14(3)18(25-15(4)20)16(19(22)24-6)10-8-9-13(2)11-12-17(21)23-5/h8,10,14,16,18H,2,7,9,11-12H2,1,3-6H3/b10-8+/t14-,16+,18+/m0/s1. The van der Waals surface area contributed by atoms with Gasteiger partial charge in [0, 0.05) is 13.3 Å². The van der Waals surface area contributed by atoms with Crippen LogP contribution in [0.1, 0.15) is 46.5 Å².